The molecule has 0 saturated carbocycles. The van der Waals surface area contributed by atoms with Crippen molar-refractivity contribution in [1.29, 1.82) is 0 Å². The van der Waals surface area contributed by atoms with Crippen molar-refractivity contribution in [2.24, 2.45) is 0 Å². The van der Waals surface area contributed by atoms with Crippen LogP contribution >= 0.6 is 0 Å². The van der Waals surface area contributed by atoms with Crippen LogP contribution in [0.4, 0.5) is 0 Å². The van der Waals surface area contributed by atoms with Crippen LogP contribution in [0.15, 0.2) is 40.8 Å². The summed E-state index contributed by atoms with van der Waals surface area (Å²) >= 11 is 0. The molecule has 0 unspecified atom stereocenters. The zero-order chi connectivity index (χ0) is 18.2. The second-order valence-corrected chi connectivity index (χ2v) is 5.35. The minimum absolute atomic E-state index is 0.00233. The molecule has 0 aliphatic heterocycles. The highest BCUT2D eigenvalue weighted by molar-refractivity contribution is 5.94. The number of likely N-dealkylation sites (N-methyl/N-ethyl adjacent to an activating group) is 1. The molecule has 0 fully saturated rings. The molecular formula is C18H21N3O4. The van der Waals surface area contributed by atoms with E-state index in [1.54, 1.807) is 19.1 Å². The quantitative estimate of drug-likeness (QED) is 0.708. The van der Waals surface area contributed by atoms with E-state index >= 15 is 0 Å². The Hall–Kier alpha value is -3.09. The maximum atomic E-state index is 11.9. The summed E-state index contributed by atoms with van der Waals surface area (Å²) in [5, 5.41) is 7.70. The summed E-state index contributed by atoms with van der Waals surface area (Å²) in [7, 11) is 1.50. The number of hydrogen-bond donors (Lipinski definition) is 3. The predicted octanol–water partition coefficient (Wildman–Crippen LogP) is 1.45. The lowest BCUT2D eigenvalue weighted by Crippen LogP contribution is -2.34. The molecule has 0 aliphatic carbocycles. The average molecular weight is 343 g/mol. The molecule has 2 rings (SSSR count). The second kappa shape index (κ2) is 8.68. The largest absolute Gasteiger partial charge is 0.451 e. The maximum Gasteiger partial charge on any atom is 0.287 e. The lowest BCUT2D eigenvalue weighted by atomic mass is 10.1. The van der Waals surface area contributed by atoms with E-state index in [9.17, 15) is 14.4 Å². The summed E-state index contributed by atoms with van der Waals surface area (Å²) in [5.74, 6) is -0.0467. The highest BCUT2D eigenvalue weighted by Crippen LogP contribution is 2.22. The van der Waals surface area contributed by atoms with Gasteiger partial charge in [0.2, 0.25) is 11.8 Å². The Bertz CT molecular complexity index is 750. The molecular weight excluding hydrogens is 322 g/mol. The predicted molar refractivity (Wildman–Crippen MR) is 92.7 cm³/mol. The van der Waals surface area contributed by atoms with Gasteiger partial charge in [-0.2, -0.15) is 0 Å². The summed E-state index contributed by atoms with van der Waals surface area (Å²) in [6, 6.07) is 10.8. The van der Waals surface area contributed by atoms with Gasteiger partial charge in [-0.3, -0.25) is 14.4 Å². The first-order valence-corrected chi connectivity index (χ1v) is 7.98. The molecule has 1 heterocycles. The fourth-order valence-electron chi connectivity index (χ4n) is 2.06. The van der Waals surface area contributed by atoms with E-state index in [1.807, 2.05) is 24.3 Å². The van der Waals surface area contributed by atoms with Gasteiger partial charge >= 0.3 is 0 Å². The van der Waals surface area contributed by atoms with E-state index in [0.717, 1.165) is 11.1 Å². The highest BCUT2D eigenvalue weighted by atomic mass is 16.3. The number of carbonyl (C=O) groups is 3. The lowest BCUT2D eigenvalue weighted by molar-refractivity contribution is -0.121. The van der Waals surface area contributed by atoms with Gasteiger partial charge in [-0.05, 0) is 17.7 Å². The van der Waals surface area contributed by atoms with E-state index in [-0.39, 0.29) is 24.1 Å². The van der Waals surface area contributed by atoms with E-state index in [4.69, 9.17) is 4.42 Å². The Morgan fingerprint density at radius 2 is 1.68 bits per heavy atom. The van der Waals surface area contributed by atoms with E-state index in [2.05, 4.69) is 16.0 Å². The van der Waals surface area contributed by atoms with Gasteiger partial charge in [0.05, 0.1) is 6.54 Å². The van der Waals surface area contributed by atoms with E-state index < -0.39 is 5.91 Å². The molecule has 0 saturated heterocycles. The number of carbonyl (C=O) groups excluding carboxylic acids is 3. The molecule has 0 atom stereocenters. The van der Waals surface area contributed by atoms with Crippen molar-refractivity contribution >= 4 is 17.7 Å². The van der Waals surface area contributed by atoms with Crippen molar-refractivity contribution in [2.45, 2.75) is 19.9 Å². The molecule has 3 amide bonds. The van der Waals surface area contributed by atoms with Crippen LogP contribution in [0, 0.1) is 0 Å². The summed E-state index contributed by atoms with van der Waals surface area (Å²) in [6.07, 6.45) is 0.454. The number of furan rings is 1. The number of nitrogens with one attached hydrogen (secondary N) is 3. The maximum absolute atomic E-state index is 11.9. The van der Waals surface area contributed by atoms with Crippen LogP contribution < -0.4 is 16.0 Å². The van der Waals surface area contributed by atoms with Crippen molar-refractivity contribution in [3.8, 4) is 11.3 Å². The standard InChI is InChI=1S/C18H21N3O4/c1-3-16(22)20-10-12-4-6-13(7-5-12)14-8-9-15(25-14)18(24)21-11-17(23)19-2/h4-9H,3,10-11H2,1-2H3,(H,19,23)(H,20,22)(H,21,24). The summed E-state index contributed by atoms with van der Waals surface area (Å²) < 4.78 is 5.54. The summed E-state index contributed by atoms with van der Waals surface area (Å²) in [5.41, 5.74) is 1.79. The minimum atomic E-state index is -0.450. The third-order valence-corrected chi connectivity index (χ3v) is 3.57. The van der Waals surface area contributed by atoms with Crippen LogP contribution in [0.2, 0.25) is 0 Å². The smallest absolute Gasteiger partial charge is 0.287 e. The van der Waals surface area contributed by atoms with Crippen LogP contribution in [0.25, 0.3) is 11.3 Å². The molecule has 1 aromatic heterocycles. The van der Waals surface area contributed by atoms with E-state index in [0.29, 0.717) is 18.7 Å². The molecule has 2 aromatic rings. The molecule has 3 N–H and O–H groups in total. The third-order valence-electron chi connectivity index (χ3n) is 3.57. The number of hydrogen-bond acceptors (Lipinski definition) is 4. The molecule has 132 valence electrons. The van der Waals surface area contributed by atoms with Crippen molar-refractivity contribution in [3.05, 3.63) is 47.7 Å². The van der Waals surface area contributed by atoms with Gasteiger partial charge in [0.15, 0.2) is 5.76 Å². The van der Waals surface area contributed by atoms with Crippen LogP contribution in [0.5, 0.6) is 0 Å². The Morgan fingerprint density at radius 1 is 0.960 bits per heavy atom. The molecule has 25 heavy (non-hydrogen) atoms. The zero-order valence-electron chi connectivity index (χ0n) is 14.2. The van der Waals surface area contributed by atoms with Crippen LogP contribution in [0.1, 0.15) is 29.5 Å². The Morgan fingerprint density at radius 3 is 2.32 bits per heavy atom. The Balaban J connectivity index is 1.98. The fourth-order valence-corrected chi connectivity index (χ4v) is 2.06. The first-order chi connectivity index (χ1) is 12.0. The van der Waals surface area contributed by atoms with Crippen LogP contribution in [0.3, 0.4) is 0 Å². The van der Waals surface area contributed by atoms with Gasteiger partial charge in [-0.15, -0.1) is 0 Å². The van der Waals surface area contributed by atoms with Crippen molar-refractivity contribution in [2.75, 3.05) is 13.6 Å². The molecule has 0 spiro atoms. The summed E-state index contributed by atoms with van der Waals surface area (Å²) in [6.45, 7) is 2.17. The van der Waals surface area contributed by atoms with Crippen molar-refractivity contribution in [3.63, 3.8) is 0 Å². The van der Waals surface area contributed by atoms with E-state index in [1.165, 1.54) is 7.05 Å². The average Bonchev–Trinajstić information content (AvgIpc) is 3.14. The molecule has 7 nitrogen and oxygen atoms in total. The van der Waals surface area contributed by atoms with Crippen LogP contribution in [-0.4, -0.2) is 31.3 Å². The van der Waals surface area contributed by atoms with Gasteiger partial charge in [0.1, 0.15) is 5.76 Å². The van der Waals surface area contributed by atoms with Gasteiger partial charge in [0.25, 0.3) is 5.91 Å². The molecule has 0 aliphatic rings. The molecule has 7 heteroatoms. The van der Waals surface area contributed by atoms with Crippen molar-refractivity contribution < 1.29 is 18.8 Å². The van der Waals surface area contributed by atoms with Gasteiger partial charge in [0, 0.05) is 25.6 Å². The first kappa shape index (κ1) is 18.3. The summed E-state index contributed by atoms with van der Waals surface area (Å²) in [4.78, 5) is 34.3. The molecule has 0 bridgehead atoms. The SMILES string of the molecule is CCC(=O)NCc1ccc(-c2ccc(C(=O)NCC(=O)NC)o2)cc1. The lowest BCUT2D eigenvalue weighted by Gasteiger charge is -2.05. The van der Waals surface area contributed by atoms with Crippen molar-refractivity contribution in [1.82, 2.24) is 16.0 Å². The van der Waals surface area contributed by atoms with Gasteiger partial charge in [-0.1, -0.05) is 31.2 Å². The monoisotopic (exact) mass is 343 g/mol. The van der Waals surface area contributed by atoms with Gasteiger partial charge < -0.3 is 20.4 Å². The van der Waals surface area contributed by atoms with Crippen LogP contribution in [-0.2, 0) is 16.1 Å². The zero-order valence-corrected chi connectivity index (χ0v) is 14.2. The minimum Gasteiger partial charge on any atom is -0.451 e. The normalized spacial score (nSPS) is 10.2. The molecule has 0 radical (unpaired) electrons. The Kier molecular flexibility index (Phi) is 6.33. The topological polar surface area (TPSA) is 100 Å². The van der Waals surface area contributed by atoms with Gasteiger partial charge in [-0.25, -0.2) is 0 Å². The third kappa shape index (κ3) is 5.20. The first-order valence-electron chi connectivity index (χ1n) is 7.98. The number of rotatable bonds is 7. The highest BCUT2D eigenvalue weighted by Gasteiger charge is 2.13. The number of benzene rings is 1. The number of amides is 3. The fraction of sp³-hybridized carbons (Fsp3) is 0.278. The molecule has 1 aromatic carbocycles. The Labute approximate surface area is 145 Å². The second-order valence-electron chi connectivity index (χ2n) is 5.35.